The van der Waals surface area contributed by atoms with Crippen LogP contribution in [-0.2, 0) is 14.0 Å². The lowest BCUT2D eigenvalue weighted by atomic mass is 9.45. The molecule has 2 rings (SSSR count). The Morgan fingerprint density at radius 3 is 2.39 bits per heavy atom. The van der Waals surface area contributed by atoms with Gasteiger partial charge in [0.15, 0.2) is 8.32 Å². The highest BCUT2D eigenvalue weighted by Crippen LogP contribution is 2.64. The predicted molar refractivity (Wildman–Crippen MR) is 143 cm³/mol. The minimum absolute atomic E-state index is 0.102. The molecule has 33 heavy (non-hydrogen) atoms. The van der Waals surface area contributed by atoms with Crippen LogP contribution in [0.5, 0.6) is 0 Å². The first-order chi connectivity index (χ1) is 15.1. The molecule has 3 nitrogen and oxygen atoms in total. The average Bonchev–Trinajstić information content (AvgIpc) is 2.68. The van der Waals surface area contributed by atoms with E-state index in [1.54, 1.807) is 0 Å². The molecule has 0 aromatic carbocycles. The third kappa shape index (κ3) is 6.04. The molecular formula is C29H52O3Si. The molecule has 0 saturated heterocycles. The van der Waals surface area contributed by atoms with Crippen molar-refractivity contribution >= 4 is 14.3 Å². The van der Waals surface area contributed by atoms with Crippen LogP contribution in [0.1, 0.15) is 99.8 Å². The zero-order valence-corrected chi connectivity index (χ0v) is 24.4. The number of methoxy groups -OCH3 is 1. The van der Waals surface area contributed by atoms with Crippen molar-refractivity contribution in [3.63, 3.8) is 0 Å². The van der Waals surface area contributed by atoms with Gasteiger partial charge in [0.2, 0.25) is 0 Å². The number of hydrogen-bond acceptors (Lipinski definition) is 3. The van der Waals surface area contributed by atoms with Gasteiger partial charge < -0.3 is 9.16 Å². The topological polar surface area (TPSA) is 35.5 Å². The van der Waals surface area contributed by atoms with E-state index in [-0.39, 0.29) is 21.8 Å². The van der Waals surface area contributed by atoms with Crippen LogP contribution in [0, 0.1) is 22.7 Å². The molecule has 0 spiro atoms. The fourth-order valence-corrected chi connectivity index (χ4v) is 8.05. The summed E-state index contributed by atoms with van der Waals surface area (Å²) in [5, 5.41) is 0.207. The summed E-state index contributed by atoms with van der Waals surface area (Å²) in [4.78, 5) is 12.0. The van der Waals surface area contributed by atoms with Crippen LogP contribution in [0.2, 0.25) is 18.1 Å². The molecule has 190 valence electrons. The number of hydrogen-bond donors (Lipinski definition) is 0. The molecule has 2 fully saturated rings. The zero-order chi connectivity index (χ0) is 25.2. The Morgan fingerprint density at radius 2 is 1.85 bits per heavy atom. The Labute approximate surface area is 205 Å². The van der Waals surface area contributed by atoms with Gasteiger partial charge >= 0.3 is 5.97 Å². The highest BCUT2D eigenvalue weighted by Gasteiger charge is 2.59. The third-order valence-electron chi connectivity index (χ3n) is 9.66. The summed E-state index contributed by atoms with van der Waals surface area (Å²) in [6.07, 6.45) is 10.8. The van der Waals surface area contributed by atoms with Crippen molar-refractivity contribution in [1.29, 1.82) is 0 Å². The minimum Gasteiger partial charge on any atom is -0.469 e. The molecule has 0 aliphatic heterocycles. The highest BCUT2D eigenvalue weighted by atomic mass is 28.4. The van der Waals surface area contributed by atoms with Crippen molar-refractivity contribution in [3.05, 3.63) is 23.8 Å². The summed E-state index contributed by atoms with van der Waals surface area (Å²) in [5.41, 5.74) is 3.02. The van der Waals surface area contributed by atoms with E-state index < -0.39 is 8.32 Å². The highest BCUT2D eigenvalue weighted by molar-refractivity contribution is 6.74. The maximum Gasteiger partial charge on any atom is 0.305 e. The normalized spacial score (nSPS) is 32.8. The Balaban J connectivity index is 2.42. The lowest BCUT2D eigenvalue weighted by molar-refractivity contribution is -0.144. The number of esters is 1. The monoisotopic (exact) mass is 476 g/mol. The van der Waals surface area contributed by atoms with E-state index in [1.807, 2.05) is 0 Å². The smallest absolute Gasteiger partial charge is 0.305 e. The zero-order valence-electron chi connectivity index (χ0n) is 23.4. The summed E-state index contributed by atoms with van der Waals surface area (Å²) in [6.45, 7) is 25.8. The molecule has 2 saturated carbocycles. The van der Waals surface area contributed by atoms with Crippen LogP contribution in [0.4, 0.5) is 0 Å². The summed E-state index contributed by atoms with van der Waals surface area (Å²) in [5.74, 6) is 0.856. The number of carbonyl (C=O) groups is 1. The number of carbonyl (C=O) groups excluding carboxylic acids is 1. The molecule has 5 atom stereocenters. The van der Waals surface area contributed by atoms with Crippen molar-refractivity contribution in [2.45, 2.75) is 124 Å². The summed E-state index contributed by atoms with van der Waals surface area (Å²) in [6, 6.07) is 0. The molecule has 2 aliphatic carbocycles. The first-order valence-electron chi connectivity index (χ1n) is 13.1. The molecule has 0 radical (unpaired) electrons. The van der Waals surface area contributed by atoms with Crippen molar-refractivity contribution < 1.29 is 14.0 Å². The number of fused-ring (bicyclic) bond motifs is 1. The van der Waals surface area contributed by atoms with Crippen LogP contribution < -0.4 is 0 Å². The Bertz CT molecular complexity index is 742. The van der Waals surface area contributed by atoms with Gasteiger partial charge in [-0.1, -0.05) is 58.4 Å². The van der Waals surface area contributed by atoms with E-state index in [0.717, 1.165) is 38.5 Å². The quantitative estimate of drug-likeness (QED) is 0.200. The number of ether oxygens (including phenoxy) is 1. The fraction of sp³-hybridized carbons (Fsp3) is 0.828. The van der Waals surface area contributed by atoms with Crippen LogP contribution in [0.25, 0.3) is 0 Å². The second-order valence-electron chi connectivity index (χ2n) is 13.2. The summed E-state index contributed by atoms with van der Waals surface area (Å²) in [7, 11) is -0.390. The summed E-state index contributed by atoms with van der Waals surface area (Å²) < 4.78 is 12.2. The first-order valence-corrected chi connectivity index (χ1v) is 16.0. The van der Waals surface area contributed by atoms with E-state index in [1.165, 1.54) is 24.7 Å². The van der Waals surface area contributed by atoms with E-state index in [9.17, 15) is 4.79 Å². The van der Waals surface area contributed by atoms with Crippen molar-refractivity contribution in [3.8, 4) is 0 Å². The van der Waals surface area contributed by atoms with Gasteiger partial charge in [0.05, 0.1) is 13.2 Å². The largest absolute Gasteiger partial charge is 0.469 e. The number of allylic oxidation sites excluding steroid dienone is 3. The van der Waals surface area contributed by atoms with E-state index in [0.29, 0.717) is 24.4 Å². The standard InChI is InChI=1S/C29H52O3Si/c1-21(2)13-12-19-29(8)24-16-14-22(3)23(15-17-26(30)31-9)28(24,7)20-18-25(29)32-33(10,11)27(4,5)6/h13,23-25H,3,12,14-20H2,1-2,4-11H3. The van der Waals surface area contributed by atoms with Gasteiger partial charge in [-0.05, 0) is 99.6 Å². The van der Waals surface area contributed by atoms with Crippen molar-refractivity contribution in [2.75, 3.05) is 7.11 Å². The van der Waals surface area contributed by atoms with Crippen LogP contribution in [-0.4, -0.2) is 27.5 Å². The second kappa shape index (κ2) is 10.4. The molecule has 0 amide bonds. The molecule has 5 unspecified atom stereocenters. The lowest BCUT2D eigenvalue weighted by Gasteiger charge is -2.62. The molecule has 4 heteroatoms. The molecule has 0 aromatic rings. The third-order valence-corrected chi connectivity index (χ3v) is 14.1. The molecule has 0 bridgehead atoms. The maximum atomic E-state index is 12.0. The summed E-state index contributed by atoms with van der Waals surface area (Å²) >= 11 is 0. The van der Waals surface area contributed by atoms with Crippen molar-refractivity contribution in [2.24, 2.45) is 22.7 Å². The van der Waals surface area contributed by atoms with E-state index in [4.69, 9.17) is 9.16 Å². The lowest BCUT2D eigenvalue weighted by Crippen LogP contribution is -2.59. The van der Waals surface area contributed by atoms with E-state index >= 15 is 0 Å². The van der Waals surface area contributed by atoms with Gasteiger partial charge in [-0.2, -0.15) is 0 Å². The number of rotatable bonds is 8. The molecular weight excluding hydrogens is 424 g/mol. The van der Waals surface area contributed by atoms with Gasteiger partial charge in [0.25, 0.3) is 0 Å². The first kappa shape index (κ1) is 28.4. The van der Waals surface area contributed by atoms with Crippen LogP contribution in [0.3, 0.4) is 0 Å². The maximum absolute atomic E-state index is 12.0. The Morgan fingerprint density at radius 1 is 1.21 bits per heavy atom. The van der Waals surface area contributed by atoms with Gasteiger partial charge in [-0.3, -0.25) is 4.79 Å². The predicted octanol–water partition coefficient (Wildman–Crippen LogP) is 8.47. The van der Waals surface area contributed by atoms with Gasteiger partial charge in [0.1, 0.15) is 0 Å². The SMILES string of the molecule is C=C1CCC2C(C)(CCC=C(C)C)C(O[Si](C)(C)C(C)(C)C)CCC2(C)C1CCC(=O)OC. The van der Waals surface area contributed by atoms with E-state index in [2.05, 4.69) is 74.2 Å². The minimum atomic E-state index is -1.88. The van der Waals surface area contributed by atoms with Crippen LogP contribution >= 0.6 is 0 Å². The Kier molecular flexibility index (Phi) is 8.94. The molecule has 2 aliphatic rings. The molecule has 0 N–H and O–H groups in total. The second-order valence-corrected chi connectivity index (χ2v) is 17.9. The van der Waals surface area contributed by atoms with Gasteiger partial charge in [0, 0.05) is 6.42 Å². The molecule has 0 aromatic heterocycles. The Hall–Kier alpha value is -0.873. The van der Waals surface area contributed by atoms with Gasteiger partial charge in [-0.15, -0.1) is 0 Å². The van der Waals surface area contributed by atoms with Crippen molar-refractivity contribution in [1.82, 2.24) is 0 Å². The fourth-order valence-electron chi connectivity index (χ4n) is 6.60. The molecule has 0 heterocycles. The van der Waals surface area contributed by atoms with Crippen LogP contribution in [0.15, 0.2) is 23.8 Å². The average molecular weight is 477 g/mol. The van der Waals surface area contributed by atoms with Gasteiger partial charge in [-0.25, -0.2) is 0 Å².